The summed E-state index contributed by atoms with van der Waals surface area (Å²) in [5.74, 6) is 2.46. The van der Waals surface area contributed by atoms with Gasteiger partial charge in [0.15, 0.2) is 0 Å². The van der Waals surface area contributed by atoms with Crippen molar-refractivity contribution in [1.29, 1.82) is 0 Å². The Morgan fingerprint density at radius 2 is 1.82 bits per heavy atom. The zero-order valence-electron chi connectivity index (χ0n) is 9.94. The van der Waals surface area contributed by atoms with Gasteiger partial charge in [0.05, 0.1) is 10.7 Å². The van der Waals surface area contributed by atoms with E-state index in [9.17, 15) is 0 Å². The van der Waals surface area contributed by atoms with Gasteiger partial charge in [0.25, 0.3) is 0 Å². The summed E-state index contributed by atoms with van der Waals surface area (Å²) in [4.78, 5) is 0. The first-order valence-electron chi connectivity index (χ1n) is 5.85. The van der Waals surface area contributed by atoms with Gasteiger partial charge in [-0.1, -0.05) is 17.7 Å². The topological polar surface area (TPSA) is 30.7 Å². The molecule has 1 aromatic heterocycles. The third-order valence-corrected chi connectivity index (χ3v) is 3.55. The largest absolute Gasteiger partial charge is 0.282 e. The van der Waals surface area contributed by atoms with Crippen molar-refractivity contribution < 1.29 is 0 Å². The van der Waals surface area contributed by atoms with Crippen LogP contribution in [0.4, 0.5) is 0 Å². The fraction of sp³-hybridized carbons (Fsp3) is 0.385. The first-order valence-corrected chi connectivity index (χ1v) is 6.23. The number of benzene rings is 1. The maximum Gasteiger partial charge on any atom is 0.134 e. The molecule has 4 heteroatoms. The molecule has 3 nitrogen and oxygen atoms in total. The molecule has 1 aromatic carbocycles. The van der Waals surface area contributed by atoms with E-state index < -0.39 is 0 Å². The number of hydrogen-bond acceptors (Lipinski definition) is 2. The Morgan fingerprint density at radius 3 is 2.35 bits per heavy atom. The van der Waals surface area contributed by atoms with E-state index in [1.165, 1.54) is 18.4 Å². The van der Waals surface area contributed by atoms with Gasteiger partial charge in [-0.2, -0.15) is 0 Å². The van der Waals surface area contributed by atoms with Crippen molar-refractivity contribution in [3.63, 3.8) is 0 Å². The van der Waals surface area contributed by atoms with Crippen LogP contribution in [0.1, 0.15) is 36.0 Å². The van der Waals surface area contributed by atoms with Crippen LogP contribution in [-0.2, 0) is 0 Å². The van der Waals surface area contributed by atoms with E-state index in [0.29, 0.717) is 0 Å². The second-order valence-electron chi connectivity index (χ2n) is 4.61. The molecule has 0 spiro atoms. The lowest BCUT2D eigenvalue weighted by Crippen LogP contribution is -2.00. The van der Waals surface area contributed by atoms with E-state index in [-0.39, 0.29) is 0 Å². The van der Waals surface area contributed by atoms with Crippen LogP contribution in [-0.4, -0.2) is 14.8 Å². The van der Waals surface area contributed by atoms with Crippen LogP contribution in [0.25, 0.3) is 5.69 Å². The molecule has 1 saturated carbocycles. The fourth-order valence-electron chi connectivity index (χ4n) is 2.19. The quantitative estimate of drug-likeness (QED) is 0.814. The van der Waals surface area contributed by atoms with E-state index in [4.69, 9.17) is 11.6 Å². The molecular formula is C13H14ClN3. The number of rotatable bonds is 2. The average Bonchev–Trinajstić information content (AvgIpc) is 3.08. The lowest BCUT2D eigenvalue weighted by atomic mass is 10.1. The number of aryl methyl sites for hydroxylation is 2. The summed E-state index contributed by atoms with van der Waals surface area (Å²) >= 11 is 6.36. The Hall–Kier alpha value is -1.35. The molecule has 1 aliphatic rings. The molecule has 1 fully saturated rings. The molecule has 88 valence electrons. The van der Waals surface area contributed by atoms with E-state index in [1.807, 2.05) is 18.4 Å². The monoisotopic (exact) mass is 247 g/mol. The van der Waals surface area contributed by atoms with Crippen molar-refractivity contribution in [2.75, 3.05) is 0 Å². The molecule has 0 saturated heterocycles. The molecule has 3 rings (SSSR count). The van der Waals surface area contributed by atoms with Gasteiger partial charge in [0.2, 0.25) is 0 Å². The molecular weight excluding hydrogens is 234 g/mol. The SMILES string of the molecule is Cc1nnc(C)n1-c1ccc(C2CC2)cc1Cl. The third-order valence-electron chi connectivity index (χ3n) is 3.25. The predicted molar refractivity (Wildman–Crippen MR) is 67.8 cm³/mol. The minimum Gasteiger partial charge on any atom is -0.282 e. The normalized spacial score (nSPS) is 15.2. The summed E-state index contributed by atoms with van der Waals surface area (Å²) in [6.45, 7) is 3.87. The highest BCUT2D eigenvalue weighted by atomic mass is 35.5. The molecule has 2 aromatic rings. The number of nitrogens with zero attached hydrogens (tertiary/aromatic N) is 3. The Morgan fingerprint density at radius 1 is 1.18 bits per heavy atom. The Balaban J connectivity index is 2.09. The predicted octanol–water partition coefficient (Wildman–Crippen LogP) is 3.41. The van der Waals surface area contributed by atoms with Crippen molar-refractivity contribution in [1.82, 2.24) is 14.8 Å². The van der Waals surface area contributed by atoms with Crippen molar-refractivity contribution >= 4 is 11.6 Å². The Bertz CT molecular complexity index is 551. The molecule has 0 atom stereocenters. The highest BCUT2D eigenvalue weighted by Crippen LogP contribution is 2.41. The van der Waals surface area contributed by atoms with Gasteiger partial charge in [-0.25, -0.2) is 0 Å². The number of hydrogen-bond donors (Lipinski definition) is 0. The smallest absolute Gasteiger partial charge is 0.134 e. The second-order valence-corrected chi connectivity index (χ2v) is 5.02. The van der Waals surface area contributed by atoms with Crippen molar-refractivity contribution in [2.45, 2.75) is 32.6 Å². The zero-order valence-corrected chi connectivity index (χ0v) is 10.7. The fourth-order valence-corrected chi connectivity index (χ4v) is 2.47. The van der Waals surface area contributed by atoms with Crippen LogP contribution < -0.4 is 0 Å². The summed E-state index contributed by atoms with van der Waals surface area (Å²) in [5, 5.41) is 8.89. The van der Waals surface area contributed by atoms with Gasteiger partial charge in [0.1, 0.15) is 11.6 Å². The summed E-state index contributed by atoms with van der Waals surface area (Å²) in [6.07, 6.45) is 2.58. The molecule has 0 unspecified atom stereocenters. The maximum absolute atomic E-state index is 6.36. The molecule has 0 radical (unpaired) electrons. The molecule has 0 N–H and O–H groups in total. The van der Waals surface area contributed by atoms with E-state index in [1.54, 1.807) is 0 Å². The van der Waals surface area contributed by atoms with Gasteiger partial charge >= 0.3 is 0 Å². The third kappa shape index (κ3) is 1.84. The molecule has 0 aliphatic heterocycles. The van der Waals surface area contributed by atoms with Crippen molar-refractivity contribution in [2.24, 2.45) is 0 Å². The molecule has 1 heterocycles. The maximum atomic E-state index is 6.36. The summed E-state index contributed by atoms with van der Waals surface area (Å²) in [6, 6.07) is 6.31. The molecule has 17 heavy (non-hydrogen) atoms. The first-order chi connectivity index (χ1) is 8.16. The van der Waals surface area contributed by atoms with E-state index in [0.717, 1.165) is 28.3 Å². The number of aromatic nitrogens is 3. The van der Waals surface area contributed by atoms with Crippen molar-refractivity contribution in [3.8, 4) is 5.69 Å². The lowest BCUT2D eigenvalue weighted by Gasteiger charge is -2.10. The molecule has 0 amide bonds. The standard InChI is InChI=1S/C13H14ClN3/c1-8-15-16-9(2)17(8)13-6-5-11(7-12(13)14)10-3-4-10/h5-7,10H,3-4H2,1-2H3. The minimum absolute atomic E-state index is 0.727. The van der Waals surface area contributed by atoms with E-state index in [2.05, 4.69) is 28.4 Å². The minimum atomic E-state index is 0.727. The zero-order chi connectivity index (χ0) is 12.0. The summed E-state index contributed by atoms with van der Waals surface area (Å²) in [5.41, 5.74) is 2.32. The van der Waals surface area contributed by atoms with Gasteiger partial charge in [0, 0.05) is 0 Å². The lowest BCUT2D eigenvalue weighted by molar-refractivity contribution is 0.935. The highest BCUT2D eigenvalue weighted by molar-refractivity contribution is 6.32. The molecule has 1 aliphatic carbocycles. The van der Waals surface area contributed by atoms with Gasteiger partial charge in [-0.15, -0.1) is 10.2 Å². The summed E-state index contributed by atoms with van der Waals surface area (Å²) < 4.78 is 1.99. The Kier molecular flexibility index (Phi) is 2.44. The van der Waals surface area contributed by atoms with Gasteiger partial charge < -0.3 is 0 Å². The van der Waals surface area contributed by atoms with Crippen LogP contribution >= 0.6 is 11.6 Å². The van der Waals surface area contributed by atoms with Crippen molar-refractivity contribution in [3.05, 3.63) is 40.4 Å². The number of halogens is 1. The van der Waals surface area contributed by atoms with E-state index >= 15 is 0 Å². The van der Waals surface area contributed by atoms with Crippen LogP contribution in [0.2, 0.25) is 5.02 Å². The van der Waals surface area contributed by atoms with Gasteiger partial charge in [-0.05, 0) is 50.3 Å². The first kappa shape index (κ1) is 10.8. The van der Waals surface area contributed by atoms with Crippen LogP contribution in [0.3, 0.4) is 0 Å². The average molecular weight is 248 g/mol. The van der Waals surface area contributed by atoms with Crippen LogP contribution in [0.15, 0.2) is 18.2 Å². The molecule has 0 bridgehead atoms. The van der Waals surface area contributed by atoms with Crippen LogP contribution in [0, 0.1) is 13.8 Å². The summed E-state index contributed by atoms with van der Waals surface area (Å²) in [7, 11) is 0. The second kappa shape index (κ2) is 3.84. The highest BCUT2D eigenvalue weighted by Gasteiger charge is 2.24. The van der Waals surface area contributed by atoms with Gasteiger partial charge in [-0.3, -0.25) is 4.57 Å². The Labute approximate surface area is 105 Å². The van der Waals surface area contributed by atoms with Crippen LogP contribution in [0.5, 0.6) is 0 Å².